The Balaban J connectivity index is 2.44. The molecule has 1 aliphatic carbocycles. The van der Waals surface area contributed by atoms with Crippen molar-refractivity contribution >= 4 is 8.32 Å². The topological polar surface area (TPSA) is 29.5 Å². The molecule has 1 N–H and O–H groups in total. The lowest BCUT2D eigenvalue weighted by molar-refractivity contribution is 0.211. The van der Waals surface area contributed by atoms with Crippen LogP contribution >= 0.6 is 0 Å². The van der Waals surface area contributed by atoms with Gasteiger partial charge in [-0.3, -0.25) is 0 Å². The molecule has 1 fully saturated rings. The van der Waals surface area contributed by atoms with Crippen molar-refractivity contribution in [3.8, 4) is 0 Å². The molecular formula is C13H26O2Si. The molecule has 1 saturated carbocycles. The van der Waals surface area contributed by atoms with Crippen molar-refractivity contribution in [1.29, 1.82) is 0 Å². The van der Waals surface area contributed by atoms with Gasteiger partial charge in [0.2, 0.25) is 0 Å². The SMILES string of the molecule is CC(C)(C)[Si](C)(C)OCC1CC/C1=C/CO. The number of aliphatic hydroxyl groups is 1. The van der Waals surface area contributed by atoms with E-state index in [1.165, 1.54) is 12.0 Å². The van der Waals surface area contributed by atoms with Gasteiger partial charge in [-0.05, 0) is 31.0 Å². The minimum Gasteiger partial charge on any atom is -0.416 e. The summed E-state index contributed by atoms with van der Waals surface area (Å²) in [5.41, 5.74) is 1.39. The van der Waals surface area contributed by atoms with E-state index in [2.05, 4.69) is 33.9 Å². The van der Waals surface area contributed by atoms with Crippen LogP contribution in [0.2, 0.25) is 18.1 Å². The van der Waals surface area contributed by atoms with Crippen LogP contribution in [0.3, 0.4) is 0 Å². The van der Waals surface area contributed by atoms with Crippen molar-refractivity contribution in [2.45, 2.75) is 51.7 Å². The monoisotopic (exact) mass is 242 g/mol. The van der Waals surface area contributed by atoms with Crippen molar-refractivity contribution in [1.82, 2.24) is 0 Å². The molecule has 0 spiro atoms. The van der Waals surface area contributed by atoms with Gasteiger partial charge >= 0.3 is 0 Å². The largest absolute Gasteiger partial charge is 0.416 e. The van der Waals surface area contributed by atoms with Crippen LogP contribution in [0.15, 0.2) is 11.6 Å². The van der Waals surface area contributed by atoms with Crippen molar-refractivity contribution in [3.63, 3.8) is 0 Å². The second kappa shape index (κ2) is 5.03. The van der Waals surface area contributed by atoms with Crippen LogP contribution in [0.25, 0.3) is 0 Å². The Labute approximate surface area is 101 Å². The third kappa shape index (κ3) is 3.19. The number of aliphatic hydroxyl groups excluding tert-OH is 1. The minimum absolute atomic E-state index is 0.173. The Hall–Kier alpha value is -0.123. The van der Waals surface area contributed by atoms with Gasteiger partial charge in [0, 0.05) is 12.5 Å². The molecule has 1 rings (SSSR count). The highest BCUT2D eigenvalue weighted by atomic mass is 28.4. The zero-order chi connectivity index (χ0) is 12.4. The van der Waals surface area contributed by atoms with Crippen molar-refractivity contribution in [3.05, 3.63) is 11.6 Å². The maximum atomic E-state index is 8.87. The first kappa shape index (κ1) is 13.9. The molecular weight excluding hydrogens is 216 g/mol. The summed E-state index contributed by atoms with van der Waals surface area (Å²) in [6.07, 6.45) is 4.32. The van der Waals surface area contributed by atoms with E-state index in [1.54, 1.807) is 0 Å². The molecule has 0 heterocycles. The molecule has 0 saturated heterocycles. The smallest absolute Gasteiger partial charge is 0.192 e. The zero-order valence-electron chi connectivity index (χ0n) is 11.3. The van der Waals surface area contributed by atoms with E-state index in [4.69, 9.17) is 9.53 Å². The van der Waals surface area contributed by atoms with Gasteiger partial charge in [0.1, 0.15) is 0 Å². The van der Waals surface area contributed by atoms with Crippen LogP contribution < -0.4 is 0 Å². The van der Waals surface area contributed by atoms with Gasteiger partial charge in [-0.1, -0.05) is 32.4 Å². The highest BCUT2D eigenvalue weighted by Gasteiger charge is 2.38. The van der Waals surface area contributed by atoms with E-state index in [9.17, 15) is 0 Å². The number of hydrogen-bond acceptors (Lipinski definition) is 2. The van der Waals surface area contributed by atoms with E-state index < -0.39 is 8.32 Å². The van der Waals surface area contributed by atoms with Crippen molar-refractivity contribution < 1.29 is 9.53 Å². The van der Waals surface area contributed by atoms with Gasteiger partial charge < -0.3 is 9.53 Å². The lowest BCUT2D eigenvalue weighted by Gasteiger charge is -2.39. The molecule has 94 valence electrons. The maximum Gasteiger partial charge on any atom is 0.192 e. The fourth-order valence-corrected chi connectivity index (χ4v) is 2.67. The number of rotatable bonds is 4. The molecule has 0 amide bonds. The lowest BCUT2D eigenvalue weighted by atomic mass is 9.80. The molecule has 1 aliphatic rings. The predicted octanol–water partition coefficient (Wildman–Crippen LogP) is 3.34. The number of hydrogen-bond donors (Lipinski definition) is 1. The predicted molar refractivity (Wildman–Crippen MR) is 71.0 cm³/mol. The normalized spacial score (nSPS) is 24.6. The molecule has 16 heavy (non-hydrogen) atoms. The highest BCUT2D eigenvalue weighted by molar-refractivity contribution is 6.74. The first-order valence-corrected chi connectivity index (χ1v) is 9.12. The van der Waals surface area contributed by atoms with Gasteiger partial charge in [0.25, 0.3) is 0 Å². The van der Waals surface area contributed by atoms with Gasteiger partial charge in [-0.2, -0.15) is 0 Å². The fourth-order valence-electron chi connectivity index (χ4n) is 1.62. The summed E-state index contributed by atoms with van der Waals surface area (Å²) in [7, 11) is -1.59. The summed E-state index contributed by atoms with van der Waals surface area (Å²) in [5, 5.41) is 9.16. The van der Waals surface area contributed by atoms with E-state index in [0.29, 0.717) is 5.92 Å². The zero-order valence-corrected chi connectivity index (χ0v) is 12.3. The van der Waals surface area contributed by atoms with Gasteiger partial charge in [-0.25, -0.2) is 0 Å². The summed E-state index contributed by atoms with van der Waals surface area (Å²) in [6.45, 7) is 12.4. The Morgan fingerprint density at radius 2 is 2.06 bits per heavy atom. The van der Waals surface area contributed by atoms with Gasteiger partial charge in [0.05, 0.1) is 6.61 Å². The third-order valence-corrected chi connectivity index (χ3v) is 8.61. The minimum atomic E-state index is -1.59. The van der Waals surface area contributed by atoms with E-state index in [0.717, 1.165) is 13.0 Å². The Bertz CT molecular complexity index is 264. The van der Waals surface area contributed by atoms with E-state index in [1.807, 2.05) is 6.08 Å². The van der Waals surface area contributed by atoms with Crippen LogP contribution in [0.4, 0.5) is 0 Å². The summed E-state index contributed by atoms with van der Waals surface area (Å²) in [5.74, 6) is 0.571. The Kier molecular flexibility index (Phi) is 4.38. The van der Waals surface area contributed by atoms with Crippen molar-refractivity contribution in [2.75, 3.05) is 13.2 Å². The van der Waals surface area contributed by atoms with Crippen LogP contribution in [0.5, 0.6) is 0 Å². The first-order chi connectivity index (χ1) is 7.28. The summed E-state index contributed by atoms with van der Waals surface area (Å²) in [4.78, 5) is 0. The lowest BCUT2D eigenvalue weighted by Crippen LogP contribution is -2.42. The van der Waals surface area contributed by atoms with Crippen LogP contribution in [-0.2, 0) is 4.43 Å². The van der Waals surface area contributed by atoms with Crippen LogP contribution in [0, 0.1) is 5.92 Å². The van der Waals surface area contributed by atoms with E-state index >= 15 is 0 Å². The summed E-state index contributed by atoms with van der Waals surface area (Å²) >= 11 is 0. The second-order valence-electron chi connectivity index (χ2n) is 6.27. The van der Waals surface area contributed by atoms with Crippen molar-refractivity contribution in [2.24, 2.45) is 5.92 Å². The molecule has 3 heteroatoms. The molecule has 1 unspecified atom stereocenters. The molecule has 1 atom stereocenters. The second-order valence-corrected chi connectivity index (χ2v) is 11.1. The Morgan fingerprint density at radius 3 is 2.44 bits per heavy atom. The van der Waals surface area contributed by atoms with Gasteiger partial charge in [0.15, 0.2) is 8.32 Å². The molecule has 0 bridgehead atoms. The van der Waals surface area contributed by atoms with E-state index in [-0.39, 0.29) is 11.6 Å². The average Bonchev–Trinajstić information content (AvgIpc) is 2.10. The molecule has 2 nitrogen and oxygen atoms in total. The molecule has 0 aliphatic heterocycles. The quantitative estimate of drug-likeness (QED) is 0.605. The molecule has 0 radical (unpaired) electrons. The molecule has 0 aromatic rings. The summed E-state index contributed by atoms with van der Waals surface area (Å²) < 4.78 is 6.19. The summed E-state index contributed by atoms with van der Waals surface area (Å²) in [6, 6.07) is 0. The highest BCUT2D eigenvalue weighted by Crippen LogP contribution is 2.39. The molecule has 0 aromatic carbocycles. The fraction of sp³-hybridized carbons (Fsp3) is 0.846. The first-order valence-electron chi connectivity index (χ1n) is 6.21. The molecule has 0 aromatic heterocycles. The Morgan fingerprint density at radius 1 is 1.44 bits per heavy atom. The van der Waals surface area contributed by atoms with Gasteiger partial charge in [-0.15, -0.1) is 0 Å². The standard InChI is InChI=1S/C13H26O2Si/c1-13(2,3)16(4,5)15-10-12-7-6-11(12)8-9-14/h8,12,14H,6-7,9-10H2,1-5H3/b11-8-. The van der Waals surface area contributed by atoms with Crippen LogP contribution in [-0.4, -0.2) is 26.6 Å². The maximum absolute atomic E-state index is 8.87. The van der Waals surface area contributed by atoms with Crippen LogP contribution in [0.1, 0.15) is 33.6 Å². The third-order valence-electron chi connectivity index (χ3n) is 4.11. The average molecular weight is 242 g/mol.